The molecule has 6 rings (SSSR count). The van der Waals surface area contributed by atoms with Gasteiger partial charge in [0.1, 0.15) is 24.3 Å². The predicted molar refractivity (Wildman–Crippen MR) is 237 cm³/mol. The molecule has 0 radical (unpaired) electrons. The Balaban J connectivity index is 1.19. The zero-order valence-electron chi connectivity index (χ0n) is 37.2. The largest absolute Gasteiger partial charge is 0.469 e. The quantitative estimate of drug-likeness (QED) is 0.0288. The zero-order chi connectivity index (χ0) is 52.7. The van der Waals surface area contributed by atoms with Gasteiger partial charge in [0.25, 0.3) is 11.8 Å². The number of amides is 2. The third-order valence-electron chi connectivity index (χ3n) is 9.46. The monoisotopic (exact) mass is 1060 g/mol. The number of ether oxygens (including phenoxy) is 4. The first-order valence-corrected chi connectivity index (χ1v) is 23.8. The number of phosphoric acid groups is 2. The van der Waals surface area contributed by atoms with Gasteiger partial charge >= 0.3 is 39.5 Å². The molecule has 2 aromatic carbocycles. The maximum absolute atomic E-state index is 15.8. The van der Waals surface area contributed by atoms with Crippen LogP contribution < -0.4 is 10.6 Å². The molecular weight excluding hydrogens is 1020 g/mol. The van der Waals surface area contributed by atoms with Gasteiger partial charge < -0.3 is 49.2 Å². The molecule has 4 heterocycles. The molecule has 384 valence electrons. The summed E-state index contributed by atoms with van der Waals surface area (Å²) in [6, 6.07) is 9.06. The van der Waals surface area contributed by atoms with Gasteiger partial charge in [0.05, 0.1) is 48.6 Å². The lowest BCUT2D eigenvalue weighted by Gasteiger charge is -2.15. The van der Waals surface area contributed by atoms with E-state index in [0.29, 0.717) is 23.8 Å². The first kappa shape index (κ1) is 54.3. The van der Waals surface area contributed by atoms with E-state index in [-0.39, 0.29) is 53.2 Å². The number of anilines is 2. The molecule has 0 aliphatic carbocycles. The van der Waals surface area contributed by atoms with Gasteiger partial charge in [-0.25, -0.2) is 37.5 Å². The van der Waals surface area contributed by atoms with E-state index in [4.69, 9.17) is 38.5 Å². The van der Waals surface area contributed by atoms with Crippen molar-refractivity contribution in [2.45, 2.75) is 32.1 Å². The first-order chi connectivity index (χ1) is 34.7. The number of nitrogens with one attached hydrogen (secondary N) is 2. The Kier molecular flexibility index (Phi) is 18.5. The van der Waals surface area contributed by atoms with Crippen molar-refractivity contribution in [3.8, 4) is 11.6 Å². The predicted octanol–water partition coefficient (Wildman–Crippen LogP) is 2.91. The molecular formula is C41H38F2N10O18P2. The number of halogens is 2. The standard InChI is InChI=1S/C41H38F2N10O18P2/c42-28-18-26(40(58)68-22-66-36(54)8-14-70-72(60,61)62)32(46-38(56)30-4-6-34(50-48-30)52-12-10-44-20-52)16-24(28)2-1-3-25-17-33(47-39(57)31-5-7-35(51-49-31)53-13-11-45-21-53)27(19-29(25)43)41(59)69-23-67-37(55)9-15-71-73(63,64)65/h4-7,10-13,16-21H,1-3,8-9,14-15,22-23H2,(H,46,56)(H,47,57)(H2,60,61,62)(H2,63,64,65). The van der Waals surface area contributed by atoms with Crippen LogP contribution in [0.3, 0.4) is 0 Å². The van der Waals surface area contributed by atoms with Crippen molar-refractivity contribution in [1.82, 2.24) is 39.5 Å². The minimum absolute atomic E-state index is 0.0616. The van der Waals surface area contributed by atoms with Gasteiger partial charge in [0.15, 0.2) is 23.0 Å². The summed E-state index contributed by atoms with van der Waals surface area (Å²) >= 11 is 0. The van der Waals surface area contributed by atoms with Crippen LogP contribution in [0.4, 0.5) is 20.2 Å². The van der Waals surface area contributed by atoms with Crippen LogP contribution in [0, 0.1) is 11.6 Å². The van der Waals surface area contributed by atoms with Crippen LogP contribution in [0.5, 0.6) is 0 Å². The van der Waals surface area contributed by atoms with E-state index in [2.05, 4.69) is 50.0 Å². The Morgan fingerprint density at radius 3 is 1.33 bits per heavy atom. The number of benzene rings is 2. The first-order valence-electron chi connectivity index (χ1n) is 20.7. The summed E-state index contributed by atoms with van der Waals surface area (Å²) < 4.78 is 84.0. The van der Waals surface area contributed by atoms with Crippen LogP contribution in [0.25, 0.3) is 11.6 Å². The normalized spacial score (nSPS) is 11.4. The molecule has 2 amide bonds. The van der Waals surface area contributed by atoms with Gasteiger partial charge in [-0.15, -0.1) is 20.4 Å². The van der Waals surface area contributed by atoms with Gasteiger partial charge in [0, 0.05) is 24.8 Å². The van der Waals surface area contributed by atoms with Gasteiger partial charge in [-0.2, -0.15) is 0 Å². The van der Waals surface area contributed by atoms with Gasteiger partial charge in [-0.1, -0.05) is 0 Å². The number of esters is 4. The van der Waals surface area contributed by atoms with E-state index in [9.17, 15) is 37.9 Å². The van der Waals surface area contributed by atoms with E-state index >= 15 is 8.78 Å². The average Bonchev–Trinajstić information content (AvgIpc) is 4.09. The highest BCUT2D eigenvalue weighted by molar-refractivity contribution is 7.46. The third-order valence-corrected chi connectivity index (χ3v) is 10.5. The summed E-state index contributed by atoms with van der Waals surface area (Å²) in [6.07, 6.45) is 7.21. The zero-order valence-corrected chi connectivity index (χ0v) is 39.0. The van der Waals surface area contributed by atoms with Crippen LogP contribution >= 0.6 is 15.6 Å². The third kappa shape index (κ3) is 16.5. The van der Waals surface area contributed by atoms with Crippen molar-refractivity contribution in [1.29, 1.82) is 0 Å². The molecule has 0 atom stereocenters. The summed E-state index contributed by atoms with van der Waals surface area (Å²) in [7, 11) is -9.77. The second kappa shape index (κ2) is 24.8. The maximum Gasteiger partial charge on any atom is 0.469 e. The fraction of sp³-hybridized carbons (Fsp3) is 0.220. The number of aromatic nitrogens is 8. The van der Waals surface area contributed by atoms with E-state index in [0.717, 1.165) is 12.1 Å². The highest BCUT2D eigenvalue weighted by Crippen LogP contribution is 2.36. The molecule has 0 fully saturated rings. The van der Waals surface area contributed by atoms with E-state index in [1.165, 1.54) is 58.4 Å². The Morgan fingerprint density at radius 1 is 0.575 bits per heavy atom. The van der Waals surface area contributed by atoms with Crippen LogP contribution in [-0.2, 0) is 59.6 Å². The number of nitrogens with zero attached hydrogens (tertiary/aromatic N) is 8. The van der Waals surface area contributed by atoms with E-state index in [1.807, 2.05) is 0 Å². The number of hydrogen-bond donors (Lipinski definition) is 6. The van der Waals surface area contributed by atoms with Crippen molar-refractivity contribution >= 4 is 62.7 Å². The minimum Gasteiger partial charge on any atom is -0.428 e. The fourth-order valence-electron chi connectivity index (χ4n) is 6.06. The molecule has 0 unspecified atom stereocenters. The highest BCUT2D eigenvalue weighted by Gasteiger charge is 2.24. The molecule has 0 spiro atoms. The molecule has 32 heteroatoms. The van der Waals surface area contributed by atoms with Gasteiger partial charge in [0.2, 0.25) is 13.6 Å². The Labute approximate surface area is 408 Å². The maximum atomic E-state index is 15.8. The van der Waals surface area contributed by atoms with Crippen LogP contribution in [0.1, 0.15) is 72.1 Å². The van der Waals surface area contributed by atoms with Crippen molar-refractivity contribution in [3.63, 3.8) is 0 Å². The Bertz CT molecular complexity index is 2850. The number of aryl methyl sites for hydroxylation is 2. The summed E-state index contributed by atoms with van der Waals surface area (Å²) in [6.45, 7) is -3.56. The Hall–Kier alpha value is -8.08. The van der Waals surface area contributed by atoms with Gasteiger partial charge in [-0.3, -0.25) is 37.4 Å². The average molecular weight is 1060 g/mol. The molecule has 6 N–H and O–H groups in total. The molecule has 4 aromatic heterocycles. The summed E-state index contributed by atoms with van der Waals surface area (Å²) in [5, 5.41) is 20.6. The van der Waals surface area contributed by atoms with Crippen LogP contribution in [0.15, 0.2) is 86.0 Å². The second-order valence-corrected chi connectivity index (χ2v) is 17.0. The summed E-state index contributed by atoms with van der Waals surface area (Å²) in [4.78, 5) is 120. The van der Waals surface area contributed by atoms with E-state index in [1.54, 1.807) is 12.4 Å². The van der Waals surface area contributed by atoms with Crippen LogP contribution in [-0.4, -0.2) is 122 Å². The molecule has 0 saturated heterocycles. The SMILES string of the molecule is O=C(CCOP(=O)(O)O)OCOC(=O)c1cc(F)c(CCCc2cc(NC(=O)c3ccc(-n4ccnc4)nn3)c(C(=O)OCOC(=O)CCOP(=O)(O)O)cc2F)cc1NC(=O)c1ccc(-n2ccnc2)nn1. The Morgan fingerprint density at radius 2 is 0.986 bits per heavy atom. The second-order valence-electron chi connectivity index (χ2n) is 14.5. The van der Waals surface area contributed by atoms with Crippen molar-refractivity contribution < 1.29 is 94.2 Å². The number of phosphoric ester groups is 2. The van der Waals surface area contributed by atoms with Crippen LogP contribution in [0.2, 0.25) is 0 Å². The number of imidazole rings is 2. The number of carbonyl (C=O) groups is 6. The molecule has 73 heavy (non-hydrogen) atoms. The summed E-state index contributed by atoms with van der Waals surface area (Å²) in [5.74, 6) is -8.06. The van der Waals surface area contributed by atoms with Crippen molar-refractivity contribution in [3.05, 3.63) is 131 Å². The summed E-state index contributed by atoms with van der Waals surface area (Å²) in [5.41, 5.74) is -2.55. The molecule has 0 saturated carbocycles. The lowest BCUT2D eigenvalue weighted by molar-refractivity contribution is -0.154. The number of rotatable bonds is 24. The topological polar surface area (TPSA) is 384 Å². The molecule has 0 aliphatic rings. The minimum atomic E-state index is -4.89. The van der Waals surface area contributed by atoms with Gasteiger partial charge in [-0.05, 0) is 78.9 Å². The number of hydrogen-bond acceptors (Lipinski definition) is 20. The lowest BCUT2D eigenvalue weighted by Crippen LogP contribution is -2.20. The number of carbonyl (C=O) groups excluding carboxylic acids is 6. The molecule has 28 nitrogen and oxygen atoms in total. The molecule has 0 bridgehead atoms. The van der Waals surface area contributed by atoms with E-state index < -0.39 is 114 Å². The fourth-order valence-corrected chi connectivity index (χ4v) is 6.71. The lowest BCUT2D eigenvalue weighted by atomic mass is 9.99. The molecule has 6 aromatic rings. The van der Waals surface area contributed by atoms with Crippen molar-refractivity contribution in [2.75, 3.05) is 37.4 Å². The van der Waals surface area contributed by atoms with Crippen molar-refractivity contribution in [2.24, 2.45) is 0 Å². The molecule has 0 aliphatic heterocycles. The smallest absolute Gasteiger partial charge is 0.428 e. The highest BCUT2D eigenvalue weighted by atomic mass is 31.2.